The minimum atomic E-state index is 0.0227. The van der Waals surface area contributed by atoms with E-state index in [4.69, 9.17) is 4.42 Å². The average Bonchev–Trinajstić information content (AvgIpc) is 3.13. The van der Waals surface area contributed by atoms with Crippen LogP contribution in [0, 0.1) is 0 Å². The van der Waals surface area contributed by atoms with Crippen LogP contribution in [-0.4, -0.2) is 49.0 Å². The van der Waals surface area contributed by atoms with Crippen molar-refractivity contribution in [1.82, 2.24) is 15.2 Å². The van der Waals surface area contributed by atoms with E-state index in [2.05, 4.69) is 27.1 Å². The van der Waals surface area contributed by atoms with Crippen LogP contribution >= 0.6 is 0 Å². The van der Waals surface area contributed by atoms with Crippen LogP contribution in [0.4, 0.5) is 5.82 Å². The van der Waals surface area contributed by atoms with Crippen LogP contribution < -0.4 is 10.2 Å². The van der Waals surface area contributed by atoms with Gasteiger partial charge in [-0.3, -0.25) is 4.79 Å². The van der Waals surface area contributed by atoms with Gasteiger partial charge < -0.3 is 19.5 Å². The first-order chi connectivity index (χ1) is 11.7. The quantitative estimate of drug-likeness (QED) is 0.874. The topological polar surface area (TPSA) is 61.6 Å². The summed E-state index contributed by atoms with van der Waals surface area (Å²) < 4.78 is 5.23. The van der Waals surface area contributed by atoms with Gasteiger partial charge in [-0.05, 0) is 30.8 Å². The molecule has 0 aromatic carbocycles. The van der Waals surface area contributed by atoms with E-state index >= 15 is 0 Å². The Balaban J connectivity index is 1.43. The van der Waals surface area contributed by atoms with Crippen LogP contribution in [0.5, 0.6) is 0 Å². The van der Waals surface area contributed by atoms with Crippen LogP contribution in [0.25, 0.3) is 0 Å². The number of amides is 1. The predicted molar refractivity (Wildman–Crippen MR) is 92.8 cm³/mol. The molecule has 1 N–H and O–H groups in total. The minimum absolute atomic E-state index is 0.0227. The van der Waals surface area contributed by atoms with Gasteiger partial charge >= 0.3 is 0 Å². The zero-order valence-corrected chi connectivity index (χ0v) is 14.1. The fourth-order valence-corrected chi connectivity index (χ4v) is 2.72. The first-order valence-electron chi connectivity index (χ1n) is 8.38. The van der Waals surface area contributed by atoms with Gasteiger partial charge in [0, 0.05) is 51.8 Å². The van der Waals surface area contributed by atoms with Crippen molar-refractivity contribution in [3.8, 4) is 0 Å². The molecule has 24 heavy (non-hydrogen) atoms. The molecule has 0 atom stereocenters. The minimum Gasteiger partial charge on any atom is -0.469 e. The van der Waals surface area contributed by atoms with E-state index in [1.807, 2.05) is 30.5 Å². The molecule has 3 rings (SSSR count). The second-order valence-electron chi connectivity index (χ2n) is 6.17. The summed E-state index contributed by atoms with van der Waals surface area (Å²) in [6.07, 6.45) is 4.53. The van der Waals surface area contributed by atoms with Gasteiger partial charge in [-0.1, -0.05) is 6.07 Å². The second kappa shape index (κ2) is 7.97. The Labute approximate surface area is 142 Å². The Morgan fingerprint density at radius 3 is 2.75 bits per heavy atom. The van der Waals surface area contributed by atoms with Crippen molar-refractivity contribution in [3.63, 3.8) is 0 Å². The first kappa shape index (κ1) is 16.5. The van der Waals surface area contributed by atoms with Gasteiger partial charge in [0.25, 0.3) is 0 Å². The number of nitrogens with zero attached hydrogens (tertiary/aromatic N) is 3. The maximum Gasteiger partial charge on any atom is 0.220 e. The number of hydrogen-bond acceptors (Lipinski definition) is 5. The second-order valence-corrected chi connectivity index (χ2v) is 6.17. The molecular formula is C18H24N4O2. The van der Waals surface area contributed by atoms with E-state index in [1.54, 1.807) is 6.26 Å². The fraction of sp³-hybridized carbons (Fsp3) is 0.444. The van der Waals surface area contributed by atoms with Gasteiger partial charge in [-0.2, -0.15) is 0 Å². The lowest BCUT2D eigenvalue weighted by atomic mass is 10.2. The van der Waals surface area contributed by atoms with E-state index in [-0.39, 0.29) is 5.91 Å². The summed E-state index contributed by atoms with van der Waals surface area (Å²) in [6.45, 7) is 4.65. The van der Waals surface area contributed by atoms with E-state index < -0.39 is 0 Å². The summed E-state index contributed by atoms with van der Waals surface area (Å²) in [5, 5.41) is 2.93. The SMILES string of the molecule is CN1CCN(c2ccc(CNC(=O)CCc3ccco3)cn2)CC1. The zero-order chi connectivity index (χ0) is 16.8. The first-order valence-corrected chi connectivity index (χ1v) is 8.38. The van der Waals surface area contributed by atoms with E-state index in [0.29, 0.717) is 19.4 Å². The lowest BCUT2D eigenvalue weighted by Crippen LogP contribution is -2.44. The fourth-order valence-electron chi connectivity index (χ4n) is 2.72. The van der Waals surface area contributed by atoms with Crippen molar-refractivity contribution in [2.75, 3.05) is 38.1 Å². The summed E-state index contributed by atoms with van der Waals surface area (Å²) >= 11 is 0. The van der Waals surface area contributed by atoms with E-state index in [9.17, 15) is 4.79 Å². The highest BCUT2D eigenvalue weighted by atomic mass is 16.3. The molecule has 0 bridgehead atoms. The Morgan fingerprint density at radius 1 is 1.25 bits per heavy atom. The predicted octanol–water partition coefficient (Wildman–Crippen LogP) is 1.68. The molecule has 3 heterocycles. The maximum absolute atomic E-state index is 11.9. The third kappa shape index (κ3) is 4.58. The highest BCUT2D eigenvalue weighted by molar-refractivity contribution is 5.76. The monoisotopic (exact) mass is 328 g/mol. The van der Waals surface area contributed by atoms with Crippen LogP contribution in [-0.2, 0) is 17.8 Å². The van der Waals surface area contributed by atoms with Crippen molar-refractivity contribution in [3.05, 3.63) is 48.0 Å². The molecule has 128 valence electrons. The smallest absolute Gasteiger partial charge is 0.220 e. The summed E-state index contributed by atoms with van der Waals surface area (Å²) in [4.78, 5) is 21.0. The van der Waals surface area contributed by atoms with Crippen LogP contribution in [0.3, 0.4) is 0 Å². The molecule has 6 heteroatoms. The van der Waals surface area contributed by atoms with E-state index in [1.165, 1.54) is 0 Å². The van der Waals surface area contributed by atoms with Gasteiger partial charge in [0.1, 0.15) is 11.6 Å². The van der Waals surface area contributed by atoms with Gasteiger partial charge in [0.05, 0.1) is 6.26 Å². The lowest BCUT2D eigenvalue weighted by Gasteiger charge is -2.33. The Hall–Kier alpha value is -2.34. The molecule has 1 fully saturated rings. The number of pyridine rings is 1. The number of piperazine rings is 1. The number of rotatable bonds is 6. The highest BCUT2D eigenvalue weighted by Crippen LogP contribution is 2.13. The number of furan rings is 1. The number of likely N-dealkylation sites (N-methyl/N-ethyl adjacent to an activating group) is 1. The molecule has 1 saturated heterocycles. The number of aromatic nitrogens is 1. The summed E-state index contributed by atoms with van der Waals surface area (Å²) in [6, 6.07) is 7.79. The lowest BCUT2D eigenvalue weighted by molar-refractivity contribution is -0.121. The molecule has 2 aromatic heterocycles. The van der Waals surface area contributed by atoms with Gasteiger partial charge in [-0.15, -0.1) is 0 Å². The molecule has 2 aromatic rings. The highest BCUT2D eigenvalue weighted by Gasteiger charge is 2.15. The Kier molecular flexibility index (Phi) is 5.48. The summed E-state index contributed by atoms with van der Waals surface area (Å²) in [5.74, 6) is 1.87. The molecule has 0 radical (unpaired) electrons. The van der Waals surface area contributed by atoms with Crippen molar-refractivity contribution in [2.45, 2.75) is 19.4 Å². The van der Waals surface area contributed by atoms with Crippen LogP contribution in [0.1, 0.15) is 17.7 Å². The maximum atomic E-state index is 11.9. The van der Waals surface area contributed by atoms with Gasteiger partial charge in [0.2, 0.25) is 5.91 Å². The van der Waals surface area contributed by atoms with Crippen LogP contribution in [0.2, 0.25) is 0 Å². The average molecular weight is 328 g/mol. The normalized spacial score (nSPS) is 15.5. The third-order valence-electron chi connectivity index (χ3n) is 4.30. The molecular weight excluding hydrogens is 304 g/mol. The zero-order valence-electron chi connectivity index (χ0n) is 14.1. The Bertz CT molecular complexity index is 632. The molecule has 0 saturated carbocycles. The number of hydrogen-bond donors (Lipinski definition) is 1. The molecule has 1 amide bonds. The number of aryl methyl sites for hydroxylation is 1. The molecule has 0 aliphatic carbocycles. The van der Waals surface area contributed by atoms with Crippen molar-refractivity contribution in [2.24, 2.45) is 0 Å². The number of carbonyl (C=O) groups excluding carboxylic acids is 1. The summed E-state index contributed by atoms with van der Waals surface area (Å²) in [5.41, 5.74) is 1.01. The molecule has 6 nitrogen and oxygen atoms in total. The molecule has 0 spiro atoms. The van der Waals surface area contributed by atoms with Crippen molar-refractivity contribution >= 4 is 11.7 Å². The molecule has 1 aliphatic heterocycles. The standard InChI is InChI=1S/C18H24N4O2/c1-21-8-10-22(11-9-21)17-6-4-15(13-19-17)14-20-18(23)7-5-16-3-2-12-24-16/h2-4,6,12-13H,5,7-11,14H2,1H3,(H,20,23). The van der Waals surface area contributed by atoms with Crippen molar-refractivity contribution < 1.29 is 9.21 Å². The number of nitrogens with one attached hydrogen (secondary N) is 1. The third-order valence-corrected chi connectivity index (χ3v) is 4.30. The van der Waals surface area contributed by atoms with Gasteiger partial charge in [-0.25, -0.2) is 4.98 Å². The summed E-state index contributed by atoms with van der Waals surface area (Å²) in [7, 11) is 2.14. The molecule has 0 unspecified atom stereocenters. The Morgan fingerprint density at radius 2 is 2.08 bits per heavy atom. The van der Waals surface area contributed by atoms with Crippen LogP contribution in [0.15, 0.2) is 41.1 Å². The van der Waals surface area contributed by atoms with Crippen molar-refractivity contribution in [1.29, 1.82) is 0 Å². The van der Waals surface area contributed by atoms with E-state index in [0.717, 1.165) is 43.3 Å². The largest absolute Gasteiger partial charge is 0.469 e. The molecule has 1 aliphatic rings. The number of anilines is 1. The number of carbonyl (C=O) groups is 1. The van der Waals surface area contributed by atoms with Gasteiger partial charge in [0.15, 0.2) is 0 Å².